The summed E-state index contributed by atoms with van der Waals surface area (Å²) in [6.45, 7) is 2.07. The number of amides is 1. The van der Waals surface area contributed by atoms with Gasteiger partial charge in [-0.05, 0) is 63.3 Å². The Labute approximate surface area is 237 Å². The van der Waals surface area contributed by atoms with Crippen LogP contribution in [0.25, 0.3) is 10.3 Å². The van der Waals surface area contributed by atoms with Crippen LogP contribution in [0.3, 0.4) is 0 Å². The Morgan fingerprint density at radius 2 is 1.90 bits per heavy atom. The first-order valence-corrected chi connectivity index (χ1v) is 15.9. The molecule has 13 heteroatoms. The van der Waals surface area contributed by atoms with Crippen molar-refractivity contribution in [3.63, 3.8) is 0 Å². The van der Waals surface area contributed by atoms with E-state index in [2.05, 4.69) is 25.8 Å². The largest absolute Gasteiger partial charge is 0.473 e. The predicted octanol–water partition coefficient (Wildman–Crippen LogP) is 3.54. The molecular weight excluding hydrogens is 554 g/mol. The lowest BCUT2D eigenvalue weighted by Gasteiger charge is -2.11. The number of aromatic nitrogens is 2. The monoisotopic (exact) mass is 587 g/mol. The molecule has 5 rings (SSSR count). The number of anilines is 1. The zero-order chi connectivity index (χ0) is 28.0. The van der Waals surface area contributed by atoms with E-state index in [0.29, 0.717) is 39.9 Å². The van der Waals surface area contributed by atoms with E-state index >= 15 is 0 Å². The van der Waals surface area contributed by atoms with Gasteiger partial charge in [0.05, 0.1) is 10.6 Å². The van der Waals surface area contributed by atoms with Gasteiger partial charge in [0.15, 0.2) is 20.7 Å². The van der Waals surface area contributed by atoms with Gasteiger partial charge in [0, 0.05) is 31.9 Å². The number of hydrogen-bond acceptors (Lipinski definition) is 11. The molecule has 1 amide bonds. The van der Waals surface area contributed by atoms with Crippen molar-refractivity contribution in [2.75, 3.05) is 37.9 Å². The molecule has 2 fully saturated rings. The number of fused-ring (bicyclic) bond motifs is 1. The molecule has 1 aliphatic heterocycles. The molecule has 2 aromatic heterocycles. The highest BCUT2D eigenvalue weighted by molar-refractivity contribution is 7.91. The maximum absolute atomic E-state index is 13.4. The van der Waals surface area contributed by atoms with Crippen LogP contribution in [0, 0.1) is 0 Å². The molecule has 0 radical (unpaired) electrons. The topological polar surface area (TPSA) is 141 Å². The Kier molecular flexibility index (Phi) is 9.25. The second kappa shape index (κ2) is 13.0. The lowest BCUT2D eigenvalue weighted by atomic mass is 10.1. The fourth-order valence-corrected chi connectivity index (χ4v) is 6.76. The minimum atomic E-state index is -3.48. The molecule has 3 heterocycles. The molecule has 0 bridgehead atoms. The number of ether oxygens (including phenoxy) is 2. The summed E-state index contributed by atoms with van der Waals surface area (Å²) < 4.78 is 36.2. The lowest BCUT2D eigenvalue weighted by molar-refractivity contribution is -0.110. The third kappa shape index (κ3) is 7.14. The number of thiazole rings is 1. The summed E-state index contributed by atoms with van der Waals surface area (Å²) in [6.07, 6.45) is 5.22. The molecular formula is C27H33N5O6S2. The van der Waals surface area contributed by atoms with E-state index < -0.39 is 15.7 Å². The summed E-state index contributed by atoms with van der Waals surface area (Å²) in [5.74, 6) is -0.0176. The van der Waals surface area contributed by atoms with Gasteiger partial charge in [0.2, 0.25) is 5.88 Å². The van der Waals surface area contributed by atoms with Crippen molar-refractivity contribution in [2.24, 2.45) is 5.16 Å². The van der Waals surface area contributed by atoms with Crippen molar-refractivity contribution < 1.29 is 27.5 Å². The van der Waals surface area contributed by atoms with Gasteiger partial charge >= 0.3 is 0 Å². The van der Waals surface area contributed by atoms with Gasteiger partial charge in [-0.25, -0.2) is 18.4 Å². The number of sulfone groups is 1. The van der Waals surface area contributed by atoms with Crippen LogP contribution in [-0.2, 0) is 24.2 Å². The maximum atomic E-state index is 13.4. The van der Waals surface area contributed by atoms with E-state index in [4.69, 9.17) is 14.3 Å². The zero-order valence-electron chi connectivity index (χ0n) is 22.3. The van der Waals surface area contributed by atoms with Crippen molar-refractivity contribution in [1.82, 2.24) is 15.3 Å². The molecule has 1 atom stereocenters. The number of pyridine rings is 1. The number of carbonyl (C=O) groups is 1. The molecule has 11 nitrogen and oxygen atoms in total. The Balaban J connectivity index is 1.33. The smallest absolute Gasteiger partial charge is 0.280 e. The summed E-state index contributed by atoms with van der Waals surface area (Å²) in [6, 6.07) is 9.70. The predicted molar refractivity (Wildman–Crippen MR) is 153 cm³/mol. The summed E-state index contributed by atoms with van der Waals surface area (Å²) >= 11 is 1.23. The molecule has 1 saturated heterocycles. The second-order valence-corrected chi connectivity index (χ2v) is 12.9. The zero-order valence-corrected chi connectivity index (χ0v) is 23.9. The van der Waals surface area contributed by atoms with Gasteiger partial charge in [-0.2, -0.15) is 0 Å². The van der Waals surface area contributed by atoms with Gasteiger partial charge in [0.1, 0.15) is 22.6 Å². The second-order valence-electron chi connectivity index (χ2n) is 9.82. The third-order valence-corrected chi connectivity index (χ3v) is 9.51. The lowest BCUT2D eigenvalue weighted by Crippen LogP contribution is -2.25. The number of rotatable bonds is 12. The Hall–Kier alpha value is -3.13. The Morgan fingerprint density at radius 3 is 2.62 bits per heavy atom. The fourth-order valence-electron chi connectivity index (χ4n) is 4.65. The Morgan fingerprint density at radius 1 is 1.10 bits per heavy atom. The highest BCUT2D eigenvalue weighted by Crippen LogP contribution is 2.27. The third-order valence-electron chi connectivity index (χ3n) is 6.81. The standard InChI is InChI=1S/C27H33N5O6S2/c1-36-15-4-16-40(34,35)21-9-7-18(8-10-21)24(32-38-19-5-2-3-6-19)25(33)31-27-29-22-11-12-23(30-26(22)39-27)37-20-13-14-28-17-20/h7-12,19-20,28H,2-6,13-17H2,1H3,(H,29,31,33)/b32-24+/t20-/m1/s1. The van der Waals surface area contributed by atoms with Crippen LogP contribution >= 0.6 is 11.3 Å². The van der Waals surface area contributed by atoms with E-state index in [1.165, 1.54) is 30.6 Å². The number of hydrogen-bond donors (Lipinski definition) is 2. The minimum absolute atomic E-state index is 0.0254. The molecule has 2 N–H and O–H groups in total. The van der Waals surface area contributed by atoms with Gasteiger partial charge < -0.3 is 19.6 Å². The number of benzene rings is 1. The van der Waals surface area contributed by atoms with E-state index in [1.54, 1.807) is 18.2 Å². The first-order chi connectivity index (χ1) is 19.4. The van der Waals surface area contributed by atoms with Crippen LogP contribution in [-0.4, -0.2) is 74.8 Å². The van der Waals surface area contributed by atoms with Crippen LogP contribution in [0.15, 0.2) is 46.4 Å². The van der Waals surface area contributed by atoms with Gasteiger partial charge in [0.25, 0.3) is 5.91 Å². The first-order valence-electron chi connectivity index (χ1n) is 13.4. The molecule has 0 unspecified atom stereocenters. The quantitative estimate of drug-likeness (QED) is 0.185. The number of nitrogens with zero attached hydrogens (tertiary/aromatic N) is 3. The number of nitrogens with one attached hydrogen (secondary N) is 2. The molecule has 1 aromatic carbocycles. The number of carbonyl (C=O) groups excluding carboxylic acids is 1. The molecule has 3 aromatic rings. The van der Waals surface area contributed by atoms with Gasteiger partial charge in [-0.3, -0.25) is 10.1 Å². The average Bonchev–Trinajstić information content (AvgIpc) is 3.72. The fraction of sp³-hybridized carbons (Fsp3) is 0.481. The SMILES string of the molecule is COCCCS(=O)(=O)c1ccc(/C(=N\OC2CCCC2)C(=O)Nc2nc3ccc(O[C@@H]4CCNC4)nc3s2)cc1. The molecule has 0 spiro atoms. The van der Waals surface area contributed by atoms with Crippen LogP contribution in [0.4, 0.5) is 5.13 Å². The molecule has 214 valence electrons. The summed E-state index contributed by atoms with van der Waals surface area (Å²) in [4.78, 5) is 29.0. The molecule has 2 aliphatic rings. The maximum Gasteiger partial charge on any atom is 0.280 e. The Bertz CT molecular complexity index is 1450. The van der Waals surface area contributed by atoms with Crippen LogP contribution in [0.2, 0.25) is 0 Å². The van der Waals surface area contributed by atoms with Crippen molar-refractivity contribution in [3.8, 4) is 5.88 Å². The van der Waals surface area contributed by atoms with Crippen LogP contribution < -0.4 is 15.4 Å². The van der Waals surface area contributed by atoms with Crippen molar-refractivity contribution in [1.29, 1.82) is 0 Å². The number of oxime groups is 1. The number of methoxy groups -OCH3 is 1. The van der Waals surface area contributed by atoms with E-state index in [9.17, 15) is 13.2 Å². The highest BCUT2D eigenvalue weighted by atomic mass is 32.2. The van der Waals surface area contributed by atoms with E-state index in [-0.39, 0.29) is 28.6 Å². The average molecular weight is 588 g/mol. The van der Waals surface area contributed by atoms with Gasteiger partial charge in [-0.15, -0.1) is 0 Å². The minimum Gasteiger partial charge on any atom is -0.473 e. The van der Waals surface area contributed by atoms with Gasteiger partial charge in [-0.1, -0.05) is 28.6 Å². The van der Waals surface area contributed by atoms with Crippen LogP contribution in [0.1, 0.15) is 44.1 Å². The van der Waals surface area contributed by atoms with E-state index in [0.717, 1.165) is 45.2 Å². The highest BCUT2D eigenvalue weighted by Gasteiger charge is 2.23. The molecule has 1 aliphatic carbocycles. The summed E-state index contributed by atoms with van der Waals surface area (Å²) in [7, 11) is -1.94. The van der Waals surface area contributed by atoms with E-state index in [1.807, 2.05) is 6.07 Å². The summed E-state index contributed by atoms with van der Waals surface area (Å²) in [5.41, 5.74) is 1.12. The molecule has 40 heavy (non-hydrogen) atoms. The van der Waals surface area contributed by atoms with Crippen molar-refractivity contribution in [2.45, 2.75) is 55.6 Å². The summed E-state index contributed by atoms with van der Waals surface area (Å²) in [5, 5.41) is 10.7. The molecule has 1 saturated carbocycles. The normalized spacial score (nSPS) is 18.3. The van der Waals surface area contributed by atoms with Crippen molar-refractivity contribution in [3.05, 3.63) is 42.0 Å². The van der Waals surface area contributed by atoms with Crippen LogP contribution in [0.5, 0.6) is 5.88 Å². The first kappa shape index (κ1) is 28.4. The van der Waals surface area contributed by atoms with Crippen molar-refractivity contribution >= 4 is 48.3 Å².